The Morgan fingerprint density at radius 3 is 2.70 bits per heavy atom. The standard InChI is InChI=1S/C19H17N5O3/c25-17-16(15-9-14(22-23-15)13-7-4-8-20-10-13)18(26)24(19(27)21-17)11-12-5-2-1-3-6-12/h1-8,10,14,22,26H,9,11H2,(H,21,25,27). The summed E-state index contributed by atoms with van der Waals surface area (Å²) >= 11 is 0. The van der Waals surface area contributed by atoms with Crippen LogP contribution >= 0.6 is 0 Å². The van der Waals surface area contributed by atoms with Crippen molar-refractivity contribution in [3.05, 3.63) is 92.4 Å². The first-order chi connectivity index (χ1) is 13.1. The van der Waals surface area contributed by atoms with E-state index < -0.39 is 11.2 Å². The number of aromatic amines is 1. The van der Waals surface area contributed by atoms with Crippen LogP contribution in [0.5, 0.6) is 5.88 Å². The Labute approximate surface area is 153 Å². The van der Waals surface area contributed by atoms with E-state index >= 15 is 0 Å². The summed E-state index contributed by atoms with van der Waals surface area (Å²) in [5, 5.41) is 14.9. The van der Waals surface area contributed by atoms with Crippen molar-refractivity contribution in [1.82, 2.24) is 20.0 Å². The normalized spacial score (nSPS) is 16.0. The maximum absolute atomic E-state index is 12.3. The van der Waals surface area contributed by atoms with Crippen LogP contribution in [0.3, 0.4) is 0 Å². The third-order valence-corrected chi connectivity index (χ3v) is 4.48. The minimum Gasteiger partial charge on any atom is -0.494 e. The first-order valence-corrected chi connectivity index (χ1v) is 8.46. The third kappa shape index (κ3) is 3.24. The lowest BCUT2D eigenvalue weighted by Gasteiger charge is -2.12. The smallest absolute Gasteiger partial charge is 0.331 e. The van der Waals surface area contributed by atoms with Gasteiger partial charge in [-0.1, -0.05) is 36.4 Å². The molecule has 1 atom stereocenters. The molecule has 0 saturated heterocycles. The van der Waals surface area contributed by atoms with Gasteiger partial charge in [0.2, 0.25) is 5.88 Å². The van der Waals surface area contributed by atoms with Crippen molar-refractivity contribution in [2.45, 2.75) is 19.0 Å². The molecule has 0 spiro atoms. The molecule has 8 nitrogen and oxygen atoms in total. The van der Waals surface area contributed by atoms with Gasteiger partial charge < -0.3 is 10.5 Å². The molecule has 3 heterocycles. The SMILES string of the molecule is O=c1[nH]c(=O)n(Cc2ccccc2)c(O)c1C1=NNC(c2cccnc2)C1. The molecule has 8 heteroatoms. The van der Waals surface area contributed by atoms with Crippen LogP contribution in [-0.2, 0) is 6.54 Å². The van der Waals surface area contributed by atoms with Gasteiger partial charge >= 0.3 is 5.69 Å². The summed E-state index contributed by atoms with van der Waals surface area (Å²) in [4.78, 5) is 30.9. The molecule has 3 aromatic rings. The lowest BCUT2D eigenvalue weighted by atomic mass is 10.0. The highest BCUT2D eigenvalue weighted by atomic mass is 16.3. The van der Waals surface area contributed by atoms with Gasteiger partial charge in [-0.15, -0.1) is 0 Å². The summed E-state index contributed by atoms with van der Waals surface area (Å²) in [7, 11) is 0. The van der Waals surface area contributed by atoms with Crippen molar-refractivity contribution in [3.63, 3.8) is 0 Å². The highest BCUT2D eigenvalue weighted by molar-refractivity contribution is 6.03. The van der Waals surface area contributed by atoms with Gasteiger partial charge in [-0.3, -0.25) is 19.3 Å². The molecule has 27 heavy (non-hydrogen) atoms. The molecule has 2 aromatic heterocycles. The van der Waals surface area contributed by atoms with Crippen LogP contribution in [0.25, 0.3) is 0 Å². The molecule has 1 aliphatic heterocycles. The van der Waals surface area contributed by atoms with E-state index in [1.807, 2.05) is 42.5 Å². The van der Waals surface area contributed by atoms with Gasteiger partial charge in [-0.25, -0.2) is 4.79 Å². The topological polar surface area (TPSA) is 112 Å². The predicted molar refractivity (Wildman–Crippen MR) is 99.8 cm³/mol. The first kappa shape index (κ1) is 16.8. The lowest BCUT2D eigenvalue weighted by molar-refractivity contribution is 0.408. The Bertz CT molecular complexity index is 1100. The van der Waals surface area contributed by atoms with Crippen LogP contribution in [0.2, 0.25) is 0 Å². The number of pyridine rings is 1. The molecule has 4 rings (SSSR count). The number of H-pyrrole nitrogens is 1. The summed E-state index contributed by atoms with van der Waals surface area (Å²) in [6.45, 7) is 0.141. The van der Waals surface area contributed by atoms with Gasteiger partial charge in [0.1, 0.15) is 5.56 Å². The highest BCUT2D eigenvalue weighted by Gasteiger charge is 2.27. The van der Waals surface area contributed by atoms with Crippen molar-refractivity contribution in [2.24, 2.45) is 5.10 Å². The van der Waals surface area contributed by atoms with Gasteiger partial charge in [0, 0.05) is 18.8 Å². The van der Waals surface area contributed by atoms with Gasteiger partial charge in [0.25, 0.3) is 5.56 Å². The maximum atomic E-state index is 12.3. The van der Waals surface area contributed by atoms with E-state index in [1.54, 1.807) is 12.4 Å². The maximum Gasteiger partial charge on any atom is 0.331 e. The first-order valence-electron chi connectivity index (χ1n) is 8.46. The van der Waals surface area contributed by atoms with E-state index in [0.29, 0.717) is 12.1 Å². The molecule has 1 aromatic carbocycles. The zero-order valence-electron chi connectivity index (χ0n) is 14.3. The highest BCUT2D eigenvalue weighted by Crippen LogP contribution is 2.25. The molecule has 0 fully saturated rings. The molecule has 1 aliphatic rings. The fourth-order valence-corrected chi connectivity index (χ4v) is 3.11. The molecule has 136 valence electrons. The van der Waals surface area contributed by atoms with E-state index in [0.717, 1.165) is 15.7 Å². The van der Waals surface area contributed by atoms with Crippen LogP contribution in [-0.4, -0.2) is 25.4 Å². The zero-order valence-corrected chi connectivity index (χ0v) is 14.3. The zero-order chi connectivity index (χ0) is 18.8. The second-order valence-electron chi connectivity index (χ2n) is 6.26. The van der Waals surface area contributed by atoms with Crippen molar-refractivity contribution in [3.8, 4) is 5.88 Å². The van der Waals surface area contributed by atoms with Gasteiger partial charge in [-0.05, 0) is 17.2 Å². The van der Waals surface area contributed by atoms with Crippen molar-refractivity contribution in [2.75, 3.05) is 0 Å². The Balaban J connectivity index is 1.68. The molecule has 0 aliphatic carbocycles. The van der Waals surface area contributed by atoms with Crippen LogP contribution in [0, 0.1) is 0 Å². The van der Waals surface area contributed by atoms with Crippen molar-refractivity contribution >= 4 is 5.71 Å². The molecule has 0 saturated carbocycles. The fourth-order valence-electron chi connectivity index (χ4n) is 3.11. The second-order valence-corrected chi connectivity index (χ2v) is 6.26. The van der Waals surface area contributed by atoms with Crippen LogP contribution < -0.4 is 16.7 Å². The number of nitrogens with one attached hydrogen (secondary N) is 2. The minimum atomic E-state index is -0.666. The van der Waals surface area contributed by atoms with Gasteiger partial charge in [-0.2, -0.15) is 5.10 Å². The molecular formula is C19H17N5O3. The molecular weight excluding hydrogens is 346 g/mol. The van der Waals surface area contributed by atoms with Crippen LogP contribution in [0.1, 0.15) is 29.2 Å². The Kier molecular flexibility index (Phi) is 4.29. The molecule has 0 bridgehead atoms. The monoisotopic (exact) mass is 363 g/mol. The molecule has 1 unspecified atom stereocenters. The number of hydrazone groups is 1. The Morgan fingerprint density at radius 2 is 1.96 bits per heavy atom. The third-order valence-electron chi connectivity index (χ3n) is 4.48. The number of hydrogen-bond acceptors (Lipinski definition) is 6. The van der Waals surface area contributed by atoms with E-state index in [-0.39, 0.29) is 24.0 Å². The number of aromatic nitrogens is 3. The van der Waals surface area contributed by atoms with Crippen LogP contribution in [0.15, 0.2) is 69.5 Å². The van der Waals surface area contributed by atoms with E-state index in [4.69, 9.17) is 0 Å². The number of benzene rings is 1. The average molecular weight is 363 g/mol. The van der Waals surface area contributed by atoms with Crippen molar-refractivity contribution in [1.29, 1.82) is 0 Å². The van der Waals surface area contributed by atoms with Gasteiger partial charge in [0.05, 0.1) is 18.3 Å². The lowest BCUT2D eigenvalue weighted by Crippen LogP contribution is -2.34. The number of hydrogen-bond donors (Lipinski definition) is 3. The number of rotatable bonds is 4. The van der Waals surface area contributed by atoms with Gasteiger partial charge in [0.15, 0.2) is 0 Å². The predicted octanol–water partition coefficient (Wildman–Crippen LogP) is 1.12. The van der Waals surface area contributed by atoms with E-state index in [9.17, 15) is 14.7 Å². The Hall–Kier alpha value is -3.68. The van der Waals surface area contributed by atoms with Crippen LogP contribution in [0.4, 0.5) is 0 Å². The summed E-state index contributed by atoms with van der Waals surface area (Å²) in [5.74, 6) is -0.389. The van der Waals surface area contributed by atoms with Crippen molar-refractivity contribution < 1.29 is 5.11 Å². The van der Waals surface area contributed by atoms with E-state index in [2.05, 4.69) is 20.5 Å². The quantitative estimate of drug-likeness (QED) is 0.643. The molecule has 0 radical (unpaired) electrons. The summed E-state index contributed by atoms with van der Waals surface area (Å²) in [6, 6.07) is 12.8. The summed E-state index contributed by atoms with van der Waals surface area (Å²) < 4.78 is 1.13. The minimum absolute atomic E-state index is 0.00409. The second kappa shape index (κ2) is 6.91. The number of nitrogens with zero attached hydrogens (tertiary/aromatic N) is 3. The molecule has 3 N–H and O–H groups in total. The average Bonchev–Trinajstić information content (AvgIpc) is 3.16. The summed E-state index contributed by atoms with van der Waals surface area (Å²) in [5.41, 5.74) is 3.78. The number of aromatic hydroxyl groups is 1. The molecule has 0 amide bonds. The fraction of sp³-hybridized carbons (Fsp3) is 0.158. The largest absolute Gasteiger partial charge is 0.494 e. The van der Waals surface area contributed by atoms with E-state index in [1.165, 1.54) is 0 Å². The Morgan fingerprint density at radius 1 is 1.15 bits per heavy atom. The summed E-state index contributed by atoms with van der Waals surface area (Å²) in [6.07, 6.45) is 3.79.